The Balaban J connectivity index is 1.88. The van der Waals surface area contributed by atoms with Gasteiger partial charge in [-0.15, -0.1) is 0 Å². The highest BCUT2D eigenvalue weighted by atomic mass is 19.1. The number of hydrogen-bond donors (Lipinski definition) is 0. The molecular weight excluding hydrogens is 309 g/mol. The second-order valence-corrected chi connectivity index (χ2v) is 5.98. The van der Waals surface area contributed by atoms with Crippen molar-refractivity contribution >= 4 is 16.7 Å². The van der Waals surface area contributed by atoms with E-state index in [0.717, 1.165) is 16.5 Å². The summed E-state index contributed by atoms with van der Waals surface area (Å²) in [5.41, 5.74) is 2.89. The van der Waals surface area contributed by atoms with Crippen LogP contribution in [0.4, 0.5) is 10.1 Å². The van der Waals surface area contributed by atoms with Gasteiger partial charge < -0.3 is 14.1 Å². The Bertz CT molecular complexity index is 1010. The molecule has 0 atom stereocenters. The molecule has 0 unspecified atom stereocenters. The third kappa shape index (κ3) is 2.16. The van der Waals surface area contributed by atoms with Crippen LogP contribution in [0.1, 0.15) is 16.7 Å². The summed E-state index contributed by atoms with van der Waals surface area (Å²) < 4.78 is 25.4. The average molecular weight is 325 g/mol. The second kappa shape index (κ2) is 5.37. The minimum atomic E-state index is -0.351. The molecule has 1 aliphatic rings. The number of benzene rings is 2. The standard InChI is InChI=1S/C19H16FNO3/c1-11-12(2)19(22)24-18-13(11)7-8-17-14(18)9-21(10-23-17)16-6-4-3-5-15(16)20/h3-8H,9-10H2,1-2H3. The molecule has 0 aliphatic carbocycles. The minimum absolute atomic E-state index is 0.245. The van der Waals surface area contributed by atoms with Gasteiger partial charge >= 0.3 is 5.63 Å². The van der Waals surface area contributed by atoms with Gasteiger partial charge in [0.2, 0.25) is 0 Å². The van der Waals surface area contributed by atoms with E-state index in [1.165, 1.54) is 6.07 Å². The lowest BCUT2D eigenvalue weighted by Gasteiger charge is -2.31. The van der Waals surface area contributed by atoms with Gasteiger partial charge in [-0.2, -0.15) is 0 Å². The molecule has 5 heteroatoms. The first kappa shape index (κ1) is 14.8. The van der Waals surface area contributed by atoms with Gasteiger partial charge in [-0.3, -0.25) is 0 Å². The smallest absolute Gasteiger partial charge is 0.339 e. The van der Waals surface area contributed by atoms with Crippen LogP contribution in [0.25, 0.3) is 11.0 Å². The molecule has 3 aromatic rings. The van der Waals surface area contributed by atoms with E-state index >= 15 is 0 Å². The van der Waals surface area contributed by atoms with Crippen LogP contribution in [-0.4, -0.2) is 6.73 Å². The molecule has 0 radical (unpaired) electrons. The molecule has 4 nitrogen and oxygen atoms in total. The predicted octanol–water partition coefficient (Wildman–Crippen LogP) is 3.91. The van der Waals surface area contributed by atoms with Crippen LogP contribution < -0.4 is 15.3 Å². The van der Waals surface area contributed by atoms with Gasteiger partial charge in [0.25, 0.3) is 0 Å². The Hall–Kier alpha value is -2.82. The van der Waals surface area contributed by atoms with Crippen molar-refractivity contribution in [3.05, 3.63) is 69.3 Å². The highest BCUT2D eigenvalue weighted by Crippen LogP contribution is 2.35. The van der Waals surface area contributed by atoms with Gasteiger partial charge in [0.05, 0.1) is 17.8 Å². The number of hydrogen-bond acceptors (Lipinski definition) is 4. The molecule has 0 saturated carbocycles. The van der Waals surface area contributed by atoms with Crippen molar-refractivity contribution in [2.45, 2.75) is 20.4 Å². The van der Waals surface area contributed by atoms with E-state index in [0.29, 0.717) is 29.1 Å². The van der Waals surface area contributed by atoms with E-state index in [-0.39, 0.29) is 18.2 Å². The fourth-order valence-corrected chi connectivity index (χ4v) is 3.08. The van der Waals surface area contributed by atoms with E-state index in [4.69, 9.17) is 9.15 Å². The summed E-state index contributed by atoms with van der Waals surface area (Å²) in [6, 6.07) is 10.3. The molecule has 0 N–H and O–H groups in total. The van der Waals surface area contributed by atoms with Crippen LogP contribution in [0, 0.1) is 19.7 Å². The molecule has 0 saturated heterocycles. The summed E-state index contributed by atoms with van der Waals surface area (Å²) in [6.45, 7) is 4.31. The van der Waals surface area contributed by atoms with Crippen LogP contribution in [0.3, 0.4) is 0 Å². The molecule has 4 rings (SSSR count). The monoisotopic (exact) mass is 325 g/mol. The van der Waals surface area contributed by atoms with Crippen LogP contribution in [0.15, 0.2) is 45.6 Å². The number of para-hydroxylation sites is 1. The molecule has 0 bridgehead atoms. The van der Waals surface area contributed by atoms with Gasteiger partial charge in [0.1, 0.15) is 17.1 Å². The number of rotatable bonds is 1. The summed E-state index contributed by atoms with van der Waals surface area (Å²) in [7, 11) is 0. The molecule has 0 amide bonds. The number of halogens is 1. The van der Waals surface area contributed by atoms with Gasteiger partial charge in [-0.1, -0.05) is 12.1 Å². The molecular formula is C19H16FNO3. The molecule has 2 aromatic carbocycles. The fraction of sp³-hybridized carbons (Fsp3) is 0.211. The van der Waals surface area contributed by atoms with Crippen LogP contribution in [-0.2, 0) is 6.54 Å². The number of ether oxygens (including phenoxy) is 1. The molecule has 122 valence electrons. The number of aryl methyl sites for hydroxylation is 1. The highest BCUT2D eigenvalue weighted by molar-refractivity contribution is 5.86. The molecule has 1 aliphatic heterocycles. The Morgan fingerprint density at radius 1 is 1.08 bits per heavy atom. The van der Waals surface area contributed by atoms with Crippen molar-refractivity contribution in [2.24, 2.45) is 0 Å². The normalized spacial score (nSPS) is 13.7. The zero-order valence-electron chi connectivity index (χ0n) is 13.4. The molecule has 0 fully saturated rings. The Kier molecular flexibility index (Phi) is 3.30. The fourth-order valence-electron chi connectivity index (χ4n) is 3.08. The first-order chi connectivity index (χ1) is 11.6. The highest BCUT2D eigenvalue weighted by Gasteiger charge is 2.24. The summed E-state index contributed by atoms with van der Waals surface area (Å²) in [5.74, 6) is 0.361. The van der Waals surface area contributed by atoms with Gasteiger partial charge in [0.15, 0.2) is 6.73 Å². The maximum Gasteiger partial charge on any atom is 0.339 e. The third-order valence-electron chi connectivity index (χ3n) is 4.60. The average Bonchev–Trinajstić information content (AvgIpc) is 2.60. The van der Waals surface area contributed by atoms with E-state index in [2.05, 4.69) is 0 Å². The van der Waals surface area contributed by atoms with Crippen molar-refractivity contribution in [1.82, 2.24) is 0 Å². The van der Waals surface area contributed by atoms with Crippen molar-refractivity contribution in [3.63, 3.8) is 0 Å². The van der Waals surface area contributed by atoms with Gasteiger partial charge in [-0.25, -0.2) is 9.18 Å². The summed E-state index contributed by atoms with van der Waals surface area (Å²) >= 11 is 0. The predicted molar refractivity (Wildman–Crippen MR) is 90.0 cm³/mol. The van der Waals surface area contributed by atoms with Crippen LogP contribution in [0.5, 0.6) is 5.75 Å². The zero-order chi connectivity index (χ0) is 16.8. The van der Waals surface area contributed by atoms with Crippen molar-refractivity contribution in [1.29, 1.82) is 0 Å². The van der Waals surface area contributed by atoms with Gasteiger partial charge in [0, 0.05) is 10.9 Å². The van der Waals surface area contributed by atoms with E-state index in [1.54, 1.807) is 30.0 Å². The topological polar surface area (TPSA) is 42.7 Å². The Morgan fingerprint density at radius 2 is 1.88 bits per heavy atom. The maximum absolute atomic E-state index is 14.1. The van der Waals surface area contributed by atoms with Crippen molar-refractivity contribution in [2.75, 3.05) is 11.6 Å². The van der Waals surface area contributed by atoms with E-state index in [1.807, 2.05) is 19.1 Å². The quantitative estimate of drug-likeness (QED) is 0.636. The van der Waals surface area contributed by atoms with Crippen molar-refractivity contribution in [3.8, 4) is 5.75 Å². The Labute approximate surface area is 138 Å². The van der Waals surface area contributed by atoms with E-state index in [9.17, 15) is 9.18 Å². The van der Waals surface area contributed by atoms with Crippen LogP contribution in [0.2, 0.25) is 0 Å². The van der Waals surface area contributed by atoms with Crippen LogP contribution >= 0.6 is 0 Å². The summed E-state index contributed by atoms with van der Waals surface area (Å²) in [5, 5.41) is 0.879. The molecule has 1 aromatic heterocycles. The van der Waals surface area contributed by atoms with E-state index < -0.39 is 0 Å². The molecule has 24 heavy (non-hydrogen) atoms. The first-order valence-corrected chi connectivity index (χ1v) is 7.74. The molecule has 0 spiro atoms. The maximum atomic E-state index is 14.1. The lowest BCUT2D eigenvalue weighted by atomic mass is 10.0. The van der Waals surface area contributed by atoms with Gasteiger partial charge in [-0.05, 0) is 43.7 Å². The minimum Gasteiger partial charge on any atom is -0.473 e. The SMILES string of the molecule is Cc1c(C)c2ccc3c(c2oc1=O)CN(c1ccccc1F)CO3. The molecule has 2 heterocycles. The lowest BCUT2D eigenvalue weighted by molar-refractivity contribution is 0.287. The zero-order valence-corrected chi connectivity index (χ0v) is 13.4. The number of nitrogens with zero attached hydrogens (tertiary/aromatic N) is 1. The summed E-state index contributed by atoms with van der Waals surface area (Å²) in [4.78, 5) is 13.8. The Morgan fingerprint density at radius 3 is 2.67 bits per heavy atom. The first-order valence-electron chi connectivity index (χ1n) is 7.74. The second-order valence-electron chi connectivity index (χ2n) is 5.98. The van der Waals surface area contributed by atoms with Crippen molar-refractivity contribution < 1.29 is 13.5 Å². The third-order valence-corrected chi connectivity index (χ3v) is 4.60. The number of fused-ring (bicyclic) bond motifs is 3. The largest absolute Gasteiger partial charge is 0.473 e. The summed E-state index contributed by atoms with van der Waals surface area (Å²) in [6.07, 6.45) is 0. The lowest BCUT2D eigenvalue weighted by Crippen LogP contribution is -2.32. The number of anilines is 1.